The monoisotopic (exact) mass is 379 g/mol. The zero-order chi connectivity index (χ0) is 19.4. The summed E-state index contributed by atoms with van der Waals surface area (Å²) in [6, 6.07) is 6.53. The molecule has 1 aromatic rings. The molecule has 0 aromatic heterocycles. The Labute approximate surface area is 157 Å². The van der Waals surface area contributed by atoms with Gasteiger partial charge in [-0.3, -0.25) is 4.79 Å². The summed E-state index contributed by atoms with van der Waals surface area (Å²) in [6.07, 6.45) is 3.17. The Hall–Kier alpha value is -1.22. The van der Waals surface area contributed by atoms with E-state index in [-0.39, 0.29) is 5.52 Å². The van der Waals surface area contributed by atoms with E-state index in [0.29, 0.717) is 28.7 Å². The van der Waals surface area contributed by atoms with Crippen molar-refractivity contribution in [2.24, 2.45) is 11.8 Å². The molecule has 0 spiro atoms. The number of nitrogens with one attached hydrogen (secondary N) is 1. The standard InChI is InChI=1S/C20H29BF2NOP/c1-5-12(3)18-16(6-2)13(4)10-17(18)26(21)19(25)14-8-7-9-15(11-14)24-20(22)23/h7-9,11,13,16-17,20,24H,5-6,10,21H2,1-4H3/b18-12+. The predicted molar refractivity (Wildman–Crippen MR) is 110 cm³/mol. The maximum atomic E-state index is 13.1. The number of allylic oxidation sites excluding steroid dienone is 2. The van der Waals surface area contributed by atoms with Gasteiger partial charge in [0.15, 0.2) is 5.52 Å². The Morgan fingerprint density at radius 3 is 2.65 bits per heavy atom. The number of alkyl halides is 2. The third kappa shape index (κ3) is 4.54. The summed E-state index contributed by atoms with van der Waals surface area (Å²) in [4.78, 5) is 13.1. The largest absolute Gasteiger partial charge is 0.330 e. The number of carbonyl (C=O) groups excluding carboxylic acids is 1. The Bertz CT molecular complexity index is 680. The quantitative estimate of drug-likeness (QED) is 0.287. The zero-order valence-corrected chi connectivity index (χ0v) is 17.2. The zero-order valence-electron chi connectivity index (χ0n) is 16.4. The van der Waals surface area contributed by atoms with Gasteiger partial charge in [0.25, 0.3) is 0 Å². The van der Waals surface area contributed by atoms with Gasteiger partial charge in [-0.15, -0.1) is 0 Å². The summed E-state index contributed by atoms with van der Waals surface area (Å²) < 4.78 is 25.1. The summed E-state index contributed by atoms with van der Waals surface area (Å²) in [7, 11) is 1.16. The first-order chi connectivity index (χ1) is 12.3. The van der Waals surface area contributed by atoms with E-state index in [1.54, 1.807) is 24.3 Å². The first kappa shape index (κ1) is 21.1. The number of hydrogen-bond acceptors (Lipinski definition) is 2. The van der Waals surface area contributed by atoms with E-state index in [4.69, 9.17) is 0 Å². The Balaban J connectivity index is 2.29. The van der Waals surface area contributed by atoms with Gasteiger partial charge in [0.1, 0.15) is 7.57 Å². The van der Waals surface area contributed by atoms with Crippen molar-refractivity contribution >= 4 is 26.6 Å². The molecule has 2 nitrogen and oxygen atoms in total. The molecule has 0 radical (unpaired) electrons. The van der Waals surface area contributed by atoms with E-state index in [1.807, 2.05) is 0 Å². The molecule has 0 amide bonds. The van der Waals surface area contributed by atoms with Crippen LogP contribution in [0.4, 0.5) is 14.5 Å². The van der Waals surface area contributed by atoms with E-state index >= 15 is 0 Å². The normalized spacial score (nSPS) is 26.0. The molecule has 6 heteroatoms. The van der Waals surface area contributed by atoms with Gasteiger partial charge in [-0.05, 0) is 55.8 Å². The van der Waals surface area contributed by atoms with Crippen LogP contribution in [0.1, 0.15) is 57.3 Å². The van der Waals surface area contributed by atoms with Crippen molar-refractivity contribution < 1.29 is 13.6 Å². The van der Waals surface area contributed by atoms with Crippen molar-refractivity contribution in [1.29, 1.82) is 0 Å². The highest BCUT2D eigenvalue weighted by atomic mass is 31.1. The number of hydrogen-bond donors (Lipinski definition) is 1. The minimum Gasteiger partial charge on any atom is -0.330 e. The highest BCUT2D eigenvalue weighted by Gasteiger charge is 2.40. The first-order valence-corrected chi connectivity index (χ1v) is 11.3. The van der Waals surface area contributed by atoms with Crippen LogP contribution in [0.2, 0.25) is 0 Å². The second-order valence-corrected chi connectivity index (χ2v) is 9.53. The molecule has 4 unspecified atom stereocenters. The maximum Gasteiger partial charge on any atom is 0.312 e. The van der Waals surface area contributed by atoms with Crippen LogP contribution in [-0.4, -0.2) is 25.3 Å². The second-order valence-electron chi connectivity index (χ2n) is 7.27. The van der Waals surface area contributed by atoms with E-state index < -0.39 is 14.3 Å². The average Bonchev–Trinajstić information content (AvgIpc) is 2.95. The maximum absolute atomic E-state index is 13.1. The van der Waals surface area contributed by atoms with Crippen molar-refractivity contribution in [2.75, 3.05) is 5.32 Å². The lowest BCUT2D eigenvalue weighted by Crippen LogP contribution is -2.14. The van der Waals surface area contributed by atoms with Crippen LogP contribution in [0, 0.1) is 11.8 Å². The van der Waals surface area contributed by atoms with Gasteiger partial charge in [0.05, 0.1) is 0 Å². The fourth-order valence-corrected chi connectivity index (χ4v) is 6.51. The van der Waals surface area contributed by atoms with Gasteiger partial charge in [-0.25, -0.2) is 0 Å². The van der Waals surface area contributed by atoms with E-state index in [1.165, 1.54) is 11.1 Å². The van der Waals surface area contributed by atoms with Crippen molar-refractivity contribution in [3.63, 3.8) is 0 Å². The third-order valence-corrected chi connectivity index (χ3v) is 8.00. The molecule has 4 atom stereocenters. The lowest BCUT2D eigenvalue weighted by molar-refractivity contribution is 0.108. The Morgan fingerprint density at radius 2 is 2.08 bits per heavy atom. The highest BCUT2D eigenvalue weighted by Crippen LogP contribution is 2.55. The lowest BCUT2D eigenvalue weighted by Gasteiger charge is -2.25. The van der Waals surface area contributed by atoms with Crippen LogP contribution in [-0.2, 0) is 0 Å². The van der Waals surface area contributed by atoms with Crippen LogP contribution < -0.4 is 5.32 Å². The Morgan fingerprint density at radius 1 is 1.38 bits per heavy atom. The fraction of sp³-hybridized carbons (Fsp3) is 0.550. The molecule has 1 aliphatic carbocycles. The van der Waals surface area contributed by atoms with Crippen LogP contribution in [0.25, 0.3) is 0 Å². The molecular formula is C20H29BF2NOP. The topological polar surface area (TPSA) is 29.1 Å². The number of anilines is 1. The van der Waals surface area contributed by atoms with Gasteiger partial charge in [-0.2, -0.15) is 8.78 Å². The molecule has 0 bridgehead atoms. The van der Waals surface area contributed by atoms with Gasteiger partial charge in [0.2, 0.25) is 0 Å². The van der Waals surface area contributed by atoms with Gasteiger partial charge >= 0.3 is 6.55 Å². The van der Waals surface area contributed by atoms with Crippen molar-refractivity contribution in [3.8, 4) is 0 Å². The SMILES string of the molecule is BP(C(=O)c1cccc(NC(F)F)c1)C1CC(C)C(CC)/C1=C(/C)CC. The molecule has 26 heavy (non-hydrogen) atoms. The fourth-order valence-electron chi connectivity index (χ4n) is 4.20. The third-order valence-electron chi connectivity index (χ3n) is 5.68. The van der Waals surface area contributed by atoms with Crippen molar-refractivity contribution in [1.82, 2.24) is 0 Å². The first-order valence-electron chi connectivity index (χ1n) is 9.41. The summed E-state index contributed by atoms with van der Waals surface area (Å²) in [5.41, 5.74) is 4.15. The minimum atomic E-state index is -2.63. The van der Waals surface area contributed by atoms with Crippen molar-refractivity contribution in [2.45, 2.75) is 59.2 Å². The van der Waals surface area contributed by atoms with E-state index in [2.05, 4.69) is 40.6 Å². The van der Waals surface area contributed by atoms with Gasteiger partial charge < -0.3 is 5.32 Å². The molecule has 2 rings (SSSR count). The molecule has 1 aromatic carbocycles. The summed E-state index contributed by atoms with van der Waals surface area (Å²) >= 11 is 0. The molecular weight excluding hydrogens is 350 g/mol. The summed E-state index contributed by atoms with van der Waals surface area (Å²) in [6.45, 7) is 6.26. The summed E-state index contributed by atoms with van der Waals surface area (Å²) in [5, 5.41) is 2.08. The van der Waals surface area contributed by atoms with Crippen molar-refractivity contribution in [3.05, 3.63) is 41.0 Å². The number of benzene rings is 1. The van der Waals surface area contributed by atoms with E-state index in [0.717, 1.165) is 19.3 Å². The molecule has 1 saturated carbocycles. The molecule has 142 valence electrons. The molecule has 0 aliphatic heterocycles. The average molecular weight is 379 g/mol. The lowest BCUT2D eigenvalue weighted by atomic mass is 9.89. The van der Waals surface area contributed by atoms with Gasteiger partial charge in [-0.1, -0.05) is 51.9 Å². The Kier molecular flexibility index (Phi) is 7.40. The van der Waals surface area contributed by atoms with Crippen LogP contribution >= 0.6 is 7.80 Å². The molecule has 1 aliphatic rings. The number of carbonyl (C=O) groups is 1. The molecule has 1 fully saturated rings. The van der Waals surface area contributed by atoms with Gasteiger partial charge in [0, 0.05) is 11.3 Å². The van der Waals surface area contributed by atoms with Crippen LogP contribution in [0.15, 0.2) is 35.4 Å². The number of halogens is 2. The van der Waals surface area contributed by atoms with E-state index in [9.17, 15) is 13.6 Å². The molecule has 1 N–H and O–H groups in total. The molecule has 0 saturated heterocycles. The van der Waals surface area contributed by atoms with Crippen LogP contribution in [0.5, 0.6) is 0 Å². The molecule has 0 heterocycles. The summed E-state index contributed by atoms with van der Waals surface area (Å²) in [5.74, 6) is 1.15. The second kappa shape index (κ2) is 9.13. The van der Waals surface area contributed by atoms with Crippen LogP contribution in [0.3, 0.4) is 0 Å². The smallest absolute Gasteiger partial charge is 0.312 e. The predicted octanol–water partition coefficient (Wildman–Crippen LogP) is 5.65. The minimum absolute atomic E-state index is 0.105. The highest BCUT2D eigenvalue weighted by molar-refractivity contribution is 7.96. The number of rotatable bonds is 7.